The van der Waals surface area contributed by atoms with Crippen LogP contribution in [0.4, 0.5) is 0 Å². The van der Waals surface area contributed by atoms with Gasteiger partial charge in [0, 0.05) is 22.2 Å². The third-order valence-corrected chi connectivity index (χ3v) is 4.00. The summed E-state index contributed by atoms with van der Waals surface area (Å²) in [4.78, 5) is 4.36. The van der Waals surface area contributed by atoms with Crippen molar-refractivity contribution in [1.82, 2.24) is 20.0 Å². The van der Waals surface area contributed by atoms with Crippen molar-refractivity contribution in [1.29, 1.82) is 0 Å². The smallest absolute Gasteiger partial charge is 0.113 e. The zero-order valence-electron chi connectivity index (χ0n) is 12.4. The van der Waals surface area contributed by atoms with Crippen LogP contribution in [0.15, 0.2) is 60.9 Å². The van der Waals surface area contributed by atoms with E-state index in [1.165, 1.54) is 5.56 Å². The van der Waals surface area contributed by atoms with Gasteiger partial charge in [-0.25, -0.2) is 4.68 Å². The van der Waals surface area contributed by atoms with Crippen molar-refractivity contribution in [2.75, 3.05) is 0 Å². The number of hydrogen-bond donors (Lipinski definition) is 0. The van der Waals surface area contributed by atoms with Crippen molar-refractivity contribution in [2.24, 2.45) is 0 Å². The van der Waals surface area contributed by atoms with Gasteiger partial charge < -0.3 is 0 Å². The molecule has 0 bridgehead atoms. The van der Waals surface area contributed by atoms with Crippen molar-refractivity contribution in [2.45, 2.75) is 6.92 Å². The molecule has 4 rings (SSSR count). The van der Waals surface area contributed by atoms with Crippen LogP contribution in [0.25, 0.3) is 27.8 Å². The number of benzene rings is 2. The Morgan fingerprint density at radius 3 is 2.65 bits per heavy atom. The fraction of sp³-hybridized carbons (Fsp3) is 0.0556. The largest absolute Gasteiger partial charge is 0.256 e. The first-order valence-electron chi connectivity index (χ1n) is 7.25. The summed E-state index contributed by atoms with van der Waals surface area (Å²) in [5, 5.41) is 10.2. The van der Waals surface area contributed by atoms with Gasteiger partial charge in [-0.15, -0.1) is 5.10 Å². The lowest BCUT2D eigenvalue weighted by Crippen LogP contribution is -1.96. The summed E-state index contributed by atoms with van der Waals surface area (Å²) >= 11 is 6.04. The summed E-state index contributed by atoms with van der Waals surface area (Å²) in [5.74, 6) is 0. The molecule has 2 aromatic carbocycles. The van der Waals surface area contributed by atoms with Gasteiger partial charge in [-0.05, 0) is 31.2 Å². The monoisotopic (exact) mass is 320 g/mol. The van der Waals surface area contributed by atoms with Crippen LogP contribution in [0, 0.1) is 6.92 Å². The summed E-state index contributed by atoms with van der Waals surface area (Å²) < 4.78 is 1.77. The third kappa shape index (κ3) is 2.58. The number of aryl methyl sites for hydroxylation is 1. The Labute approximate surface area is 138 Å². The summed E-state index contributed by atoms with van der Waals surface area (Å²) in [7, 11) is 0. The maximum Gasteiger partial charge on any atom is 0.113 e. The van der Waals surface area contributed by atoms with Crippen LogP contribution >= 0.6 is 11.6 Å². The van der Waals surface area contributed by atoms with Crippen LogP contribution in [0.3, 0.4) is 0 Å². The first-order valence-corrected chi connectivity index (χ1v) is 7.62. The van der Waals surface area contributed by atoms with E-state index in [-0.39, 0.29) is 0 Å². The molecule has 112 valence electrons. The summed E-state index contributed by atoms with van der Waals surface area (Å²) in [6.07, 6.45) is 3.68. The Balaban J connectivity index is 1.82. The van der Waals surface area contributed by atoms with Gasteiger partial charge in [0.2, 0.25) is 0 Å². The molecule has 0 N–H and O–H groups in total. The molecule has 4 aromatic rings. The van der Waals surface area contributed by atoms with Crippen LogP contribution in [-0.2, 0) is 0 Å². The lowest BCUT2D eigenvalue weighted by Gasteiger charge is -2.05. The zero-order chi connectivity index (χ0) is 15.8. The molecular weight excluding hydrogens is 308 g/mol. The second-order valence-electron chi connectivity index (χ2n) is 5.41. The molecule has 0 aliphatic rings. The van der Waals surface area contributed by atoms with E-state index in [2.05, 4.69) is 34.4 Å². The van der Waals surface area contributed by atoms with Crippen LogP contribution in [0.1, 0.15) is 5.56 Å². The average molecular weight is 321 g/mol. The fourth-order valence-corrected chi connectivity index (χ4v) is 2.71. The summed E-state index contributed by atoms with van der Waals surface area (Å²) in [6, 6.07) is 15.8. The number of aromatic nitrogens is 4. The highest BCUT2D eigenvalue weighted by atomic mass is 35.5. The van der Waals surface area contributed by atoms with E-state index in [0.29, 0.717) is 5.02 Å². The summed E-state index contributed by atoms with van der Waals surface area (Å²) in [6.45, 7) is 2.06. The van der Waals surface area contributed by atoms with Gasteiger partial charge in [0.1, 0.15) is 5.69 Å². The third-order valence-electron chi connectivity index (χ3n) is 3.77. The van der Waals surface area contributed by atoms with Crippen molar-refractivity contribution < 1.29 is 0 Å². The highest BCUT2D eigenvalue weighted by Crippen LogP contribution is 2.24. The van der Waals surface area contributed by atoms with Crippen molar-refractivity contribution in [3.8, 4) is 16.9 Å². The number of hydrogen-bond acceptors (Lipinski definition) is 3. The van der Waals surface area contributed by atoms with Crippen molar-refractivity contribution >= 4 is 22.5 Å². The first-order chi connectivity index (χ1) is 11.2. The number of fused-ring (bicyclic) bond motifs is 1. The van der Waals surface area contributed by atoms with Crippen LogP contribution in [0.5, 0.6) is 0 Å². The van der Waals surface area contributed by atoms with E-state index in [9.17, 15) is 0 Å². The number of pyridine rings is 1. The quantitative estimate of drug-likeness (QED) is 0.548. The molecule has 0 saturated heterocycles. The standard InChI is InChI=1S/C18H13ClN4/c1-12-2-4-13(5-3-12)17-11-23(22-21-17)18-8-9-20-16-10-14(19)6-7-15(16)18/h2-11H,1H3. The lowest BCUT2D eigenvalue weighted by molar-refractivity contribution is 0.808. The molecule has 0 spiro atoms. The van der Waals surface area contributed by atoms with Gasteiger partial charge >= 0.3 is 0 Å². The highest BCUT2D eigenvalue weighted by Gasteiger charge is 2.09. The minimum absolute atomic E-state index is 0.668. The number of nitrogens with zero attached hydrogens (tertiary/aromatic N) is 4. The fourth-order valence-electron chi connectivity index (χ4n) is 2.54. The van der Waals surface area contributed by atoms with Crippen LogP contribution < -0.4 is 0 Å². The Kier molecular flexibility index (Phi) is 3.32. The van der Waals surface area contributed by atoms with Crippen molar-refractivity contribution in [3.05, 3.63) is 71.5 Å². The molecule has 5 heteroatoms. The molecule has 0 amide bonds. The molecule has 0 aliphatic carbocycles. The highest BCUT2D eigenvalue weighted by molar-refractivity contribution is 6.31. The van der Waals surface area contributed by atoms with Gasteiger partial charge in [-0.2, -0.15) is 0 Å². The Hall–Kier alpha value is -2.72. The predicted octanol–water partition coefficient (Wildman–Crippen LogP) is 4.44. The van der Waals surface area contributed by atoms with E-state index >= 15 is 0 Å². The second kappa shape index (κ2) is 5.48. The maximum absolute atomic E-state index is 6.04. The van der Waals surface area contributed by atoms with E-state index in [0.717, 1.165) is 27.8 Å². The molecule has 0 radical (unpaired) electrons. The molecule has 0 atom stereocenters. The molecule has 2 aromatic heterocycles. The van der Waals surface area contributed by atoms with E-state index in [1.54, 1.807) is 10.9 Å². The Morgan fingerprint density at radius 1 is 1.00 bits per heavy atom. The molecule has 23 heavy (non-hydrogen) atoms. The Morgan fingerprint density at radius 2 is 1.83 bits per heavy atom. The second-order valence-corrected chi connectivity index (χ2v) is 5.84. The summed E-state index contributed by atoms with van der Waals surface area (Å²) in [5.41, 5.74) is 4.87. The van der Waals surface area contributed by atoms with Gasteiger partial charge in [0.05, 0.1) is 17.4 Å². The molecule has 0 saturated carbocycles. The van der Waals surface area contributed by atoms with E-state index < -0.39 is 0 Å². The lowest BCUT2D eigenvalue weighted by atomic mass is 10.1. The van der Waals surface area contributed by atoms with E-state index in [1.807, 2.05) is 42.6 Å². The molecule has 2 heterocycles. The zero-order valence-corrected chi connectivity index (χ0v) is 13.2. The maximum atomic E-state index is 6.04. The molecular formula is C18H13ClN4. The predicted molar refractivity (Wildman–Crippen MR) is 91.8 cm³/mol. The SMILES string of the molecule is Cc1ccc(-c2cn(-c3ccnc4cc(Cl)ccc34)nn2)cc1. The van der Waals surface area contributed by atoms with Gasteiger partial charge in [-0.1, -0.05) is 46.6 Å². The van der Waals surface area contributed by atoms with Crippen LogP contribution in [-0.4, -0.2) is 20.0 Å². The normalized spacial score (nSPS) is 11.0. The first kappa shape index (κ1) is 13.9. The average Bonchev–Trinajstić information content (AvgIpc) is 3.04. The van der Waals surface area contributed by atoms with Crippen LogP contribution in [0.2, 0.25) is 5.02 Å². The number of halogens is 1. The Bertz CT molecular complexity index is 990. The van der Waals surface area contributed by atoms with Crippen molar-refractivity contribution in [3.63, 3.8) is 0 Å². The number of rotatable bonds is 2. The minimum atomic E-state index is 0.668. The topological polar surface area (TPSA) is 43.6 Å². The van der Waals surface area contributed by atoms with Gasteiger partial charge in [0.25, 0.3) is 0 Å². The molecule has 0 aliphatic heterocycles. The molecule has 4 nitrogen and oxygen atoms in total. The van der Waals surface area contributed by atoms with Gasteiger partial charge in [0.15, 0.2) is 0 Å². The molecule has 0 unspecified atom stereocenters. The van der Waals surface area contributed by atoms with E-state index in [4.69, 9.17) is 11.6 Å². The molecule has 0 fully saturated rings. The minimum Gasteiger partial charge on any atom is -0.256 e. The van der Waals surface area contributed by atoms with Gasteiger partial charge in [-0.3, -0.25) is 4.98 Å².